The van der Waals surface area contributed by atoms with E-state index in [1.54, 1.807) is 30.5 Å². The molecule has 2 heterocycles. The van der Waals surface area contributed by atoms with E-state index in [1.165, 1.54) is 12.3 Å². The molecule has 0 aliphatic heterocycles. The summed E-state index contributed by atoms with van der Waals surface area (Å²) in [5, 5.41) is 3.51. The predicted molar refractivity (Wildman–Crippen MR) is 78.3 cm³/mol. The van der Waals surface area contributed by atoms with Crippen molar-refractivity contribution in [2.75, 3.05) is 11.1 Å². The molecule has 0 unspecified atom stereocenters. The topological polar surface area (TPSA) is 80.9 Å². The molecule has 0 fully saturated rings. The minimum absolute atomic E-state index is 0.145. The van der Waals surface area contributed by atoms with Crippen LogP contribution in [0.15, 0.2) is 48.8 Å². The molecule has 3 aromatic rings. The molecule has 5 nitrogen and oxygen atoms in total. The molecule has 3 rings (SSSR count). The van der Waals surface area contributed by atoms with Crippen molar-refractivity contribution in [1.82, 2.24) is 9.97 Å². The summed E-state index contributed by atoms with van der Waals surface area (Å²) in [7, 11) is 0. The van der Waals surface area contributed by atoms with Crippen LogP contribution in [0.25, 0.3) is 10.9 Å². The van der Waals surface area contributed by atoms with Gasteiger partial charge in [0.05, 0.1) is 11.1 Å². The van der Waals surface area contributed by atoms with E-state index in [-0.39, 0.29) is 11.4 Å². The summed E-state index contributed by atoms with van der Waals surface area (Å²) in [6.07, 6.45) is 2.98. The van der Waals surface area contributed by atoms with Gasteiger partial charge in [-0.15, -0.1) is 0 Å². The van der Waals surface area contributed by atoms with Gasteiger partial charge in [-0.25, -0.2) is 9.37 Å². The van der Waals surface area contributed by atoms with E-state index in [1.807, 2.05) is 6.07 Å². The molecule has 0 saturated carbocycles. The van der Waals surface area contributed by atoms with Gasteiger partial charge in [-0.05, 0) is 30.3 Å². The highest BCUT2D eigenvalue weighted by atomic mass is 19.1. The summed E-state index contributed by atoms with van der Waals surface area (Å²) in [5.74, 6) is -1.70. The van der Waals surface area contributed by atoms with Crippen LogP contribution in [0, 0.1) is 5.82 Å². The first-order chi connectivity index (χ1) is 10.1. The maximum absolute atomic E-state index is 13.7. The lowest BCUT2D eigenvalue weighted by Crippen LogP contribution is -2.15. The van der Waals surface area contributed by atoms with Gasteiger partial charge < -0.3 is 11.1 Å². The number of nitrogen functional groups attached to an aromatic ring is 1. The van der Waals surface area contributed by atoms with Crippen molar-refractivity contribution in [3.63, 3.8) is 0 Å². The van der Waals surface area contributed by atoms with E-state index in [0.717, 1.165) is 10.9 Å². The zero-order valence-electron chi connectivity index (χ0n) is 10.9. The van der Waals surface area contributed by atoms with Gasteiger partial charge in [-0.3, -0.25) is 9.78 Å². The Morgan fingerprint density at radius 2 is 2.00 bits per heavy atom. The van der Waals surface area contributed by atoms with Crippen LogP contribution in [0.2, 0.25) is 0 Å². The van der Waals surface area contributed by atoms with Crippen LogP contribution < -0.4 is 11.1 Å². The lowest BCUT2D eigenvalue weighted by Gasteiger charge is -2.07. The zero-order chi connectivity index (χ0) is 14.8. The maximum atomic E-state index is 13.7. The molecule has 21 heavy (non-hydrogen) atoms. The fourth-order valence-corrected chi connectivity index (χ4v) is 1.99. The number of benzene rings is 1. The molecule has 104 valence electrons. The lowest BCUT2D eigenvalue weighted by molar-refractivity contribution is 0.102. The number of carbonyl (C=O) groups is 1. The number of anilines is 2. The van der Waals surface area contributed by atoms with E-state index < -0.39 is 11.7 Å². The summed E-state index contributed by atoms with van der Waals surface area (Å²) in [4.78, 5) is 19.8. The number of nitrogens with one attached hydrogen (secondary N) is 1. The number of rotatable bonds is 2. The van der Waals surface area contributed by atoms with Crippen LogP contribution in [0.4, 0.5) is 15.9 Å². The number of hydrogen-bond acceptors (Lipinski definition) is 4. The molecule has 0 aliphatic carbocycles. The average Bonchev–Trinajstić information content (AvgIpc) is 2.50. The van der Waals surface area contributed by atoms with Crippen LogP contribution in [0.3, 0.4) is 0 Å². The molecule has 0 radical (unpaired) electrons. The molecule has 0 atom stereocenters. The highest BCUT2D eigenvalue weighted by Gasteiger charge is 2.14. The van der Waals surface area contributed by atoms with E-state index in [4.69, 9.17) is 5.73 Å². The third-order valence-electron chi connectivity index (χ3n) is 3.02. The molecule has 0 bridgehead atoms. The first-order valence-corrected chi connectivity index (χ1v) is 6.21. The second-order valence-corrected chi connectivity index (χ2v) is 4.42. The second-order valence-electron chi connectivity index (χ2n) is 4.42. The molecular weight excluding hydrogens is 271 g/mol. The number of carbonyl (C=O) groups excluding carboxylic acids is 1. The molecule has 2 aromatic heterocycles. The summed E-state index contributed by atoms with van der Waals surface area (Å²) < 4.78 is 13.7. The fourth-order valence-electron chi connectivity index (χ4n) is 1.99. The first kappa shape index (κ1) is 13.0. The smallest absolute Gasteiger partial charge is 0.258 e. The number of amides is 1. The Morgan fingerprint density at radius 1 is 1.14 bits per heavy atom. The van der Waals surface area contributed by atoms with E-state index in [2.05, 4.69) is 15.3 Å². The van der Waals surface area contributed by atoms with Gasteiger partial charge in [-0.2, -0.15) is 0 Å². The minimum Gasteiger partial charge on any atom is -0.381 e. The molecule has 1 aromatic carbocycles. The monoisotopic (exact) mass is 282 g/mol. The molecule has 3 N–H and O–H groups in total. The van der Waals surface area contributed by atoms with Gasteiger partial charge >= 0.3 is 0 Å². The van der Waals surface area contributed by atoms with Crippen molar-refractivity contribution in [2.24, 2.45) is 0 Å². The number of nitrogens with two attached hydrogens (primary N) is 1. The summed E-state index contributed by atoms with van der Waals surface area (Å²) >= 11 is 0. The fraction of sp³-hybridized carbons (Fsp3) is 0. The summed E-state index contributed by atoms with van der Waals surface area (Å²) in [5.41, 5.74) is 6.57. The van der Waals surface area contributed by atoms with Crippen LogP contribution in [0.5, 0.6) is 0 Å². The normalized spacial score (nSPS) is 10.5. The van der Waals surface area contributed by atoms with Crippen molar-refractivity contribution in [3.05, 3.63) is 60.2 Å². The maximum Gasteiger partial charge on any atom is 0.258 e. The van der Waals surface area contributed by atoms with Crippen molar-refractivity contribution in [3.8, 4) is 0 Å². The third-order valence-corrected chi connectivity index (χ3v) is 3.02. The number of pyridine rings is 2. The molecule has 0 saturated heterocycles. The number of halogens is 1. The van der Waals surface area contributed by atoms with Gasteiger partial charge in [0.2, 0.25) is 0 Å². The van der Waals surface area contributed by atoms with Crippen molar-refractivity contribution in [1.29, 1.82) is 0 Å². The number of aromatic nitrogens is 2. The van der Waals surface area contributed by atoms with Crippen molar-refractivity contribution in [2.45, 2.75) is 0 Å². The van der Waals surface area contributed by atoms with E-state index in [9.17, 15) is 9.18 Å². The van der Waals surface area contributed by atoms with Gasteiger partial charge in [-0.1, -0.05) is 6.07 Å². The zero-order valence-corrected chi connectivity index (χ0v) is 10.9. The van der Waals surface area contributed by atoms with Crippen LogP contribution in [-0.2, 0) is 0 Å². The average molecular weight is 282 g/mol. The lowest BCUT2D eigenvalue weighted by atomic mass is 10.2. The Balaban J connectivity index is 1.91. The van der Waals surface area contributed by atoms with Crippen molar-refractivity contribution >= 4 is 28.3 Å². The van der Waals surface area contributed by atoms with Gasteiger partial charge in [0, 0.05) is 23.5 Å². The van der Waals surface area contributed by atoms with E-state index >= 15 is 0 Å². The quantitative estimate of drug-likeness (QED) is 0.757. The van der Waals surface area contributed by atoms with Crippen LogP contribution in [-0.4, -0.2) is 15.9 Å². The highest BCUT2D eigenvalue weighted by molar-refractivity contribution is 6.05. The van der Waals surface area contributed by atoms with E-state index in [0.29, 0.717) is 5.69 Å². The molecule has 0 aliphatic rings. The highest BCUT2D eigenvalue weighted by Crippen LogP contribution is 2.19. The van der Waals surface area contributed by atoms with Gasteiger partial charge in [0.15, 0.2) is 11.6 Å². The molecule has 0 spiro atoms. The standard InChI is InChI=1S/C15H11FN4O/c16-13-11(5-7-19-14(13)17)15(21)20-10-3-4-12-9(8-10)2-1-6-18-12/h1-8H,(H2,17,19)(H,20,21). The Bertz CT molecular complexity index is 835. The summed E-state index contributed by atoms with van der Waals surface area (Å²) in [6.45, 7) is 0. The molecular formula is C15H11FN4O. The summed E-state index contributed by atoms with van der Waals surface area (Å²) in [6, 6.07) is 10.2. The van der Waals surface area contributed by atoms with Gasteiger partial charge in [0.25, 0.3) is 5.91 Å². The van der Waals surface area contributed by atoms with Crippen molar-refractivity contribution < 1.29 is 9.18 Å². The Morgan fingerprint density at radius 3 is 2.86 bits per heavy atom. The second kappa shape index (κ2) is 5.16. The minimum atomic E-state index is -0.822. The Hall–Kier alpha value is -3.02. The third kappa shape index (κ3) is 2.51. The SMILES string of the molecule is Nc1nccc(C(=O)Nc2ccc3ncccc3c2)c1F. The largest absolute Gasteiger partial charge is 0.381 e. The first-order valence-electron chi connectivity index (χ1n) is 6.21. The molecule has 1 amide bonds. The Kier molecular flexibility index (Phi) is 3.19. The van der Waals surface area contributed by atoms with Crippen LogP contribution in [0.1, 0.15) is 10.4 Å². The number of nitrogens with zero attached hydrogens (tertiary/aromatic N) is 2. The number of hydrogen-bond donors (Lipinski definition) is 2. The number of fused-ring (bicyclic) bond motifs is 1. The predicted octanol–water partition coefficient (Wildman–Crippen LogP) is 2.60. The van der Waals surface area contributed by atoms with Gasteiger partial charge in [0.1, 0.15) is 0 Å². The molecule has 6 heteroatoms. The Labute approximate surface area is 119 Å². The van der Waals surface area contributed by atoms with Crippen LogP contribution >= 0.6 is 0 Å².